The third-order valence-electron chi connectivity index (χ3n) is 1.92. The van der Waals surface area contributed by atoms with E-state index in [0.29, 0.717) is 6.07 Å². The summed E-state index contributed by atoms with van der Waals surface area (Å²) in [7, 11) is 0. The van der Waals surface area contributed by atoms with Gasteiger partial charge in [0.25, 0.3) is 11.4 Å². The normalized spacial score (nSPS) is 8.67. The second kappa shape index (κ2) is 8.08. The third kappa shape index (κ3) is 6.50. The smallest absolute Gasteiger partial charge is 0.336 e. The zero-order valence-electron chi connectivity index (χ0n) is 11.1. The fourth-order valence-corrected chi connectivity index (χ4v) is 1.06. The molecule has 9 nitrogen and oxygen atoms in total. The van der Waals surface area contributed by atoms with Crippen molar-refractivity contribution in [2.24, 2.45) is 0 Å². The van der Waals surface area contributed by atoms with Gasteiger partial charge in [0.15, 0.2) is 0 Å². The van der Waals surface area contributed by atoms with Gasteiger partial charge in [0.05, 0.1) is 21.5 Å². The van der Waals surface area contributed by atoms with Crippen LogP contribution in [-0.2, 0) is 0 Å². The van der Waals surface area contributed by atoms with E-state index in [0.717, 1.165) is 24.0 Å². The van der Waals surface area contributed by atoms with Crippen molar-refractivity contribution in [3.63, 3.8) is 0 Å². The molecule has 0 fully saturated rings. The molecule has 0 aliphatic heterocycles. The van der Waals surface area contributed by atoms with Gasteiger partial charge in [-0.25, -0.2) is 4.79 Å². The maximum Gasteiger partial charge on any atom is 0.336 e. The van der Waals surface area contributed by atoms with Crippen molar-refractivity contribution in [3.8, 4) is 0 Å². The van der Waals surface area contributed by atoms with Gasteiger partial charge in [-0.3, -0.25) is 20.2 Å². The lowest BCUT2D eigenvalue weighted by molar-refractivity contribution is -0.394. The van der Waals surface area contributed by atoms with Gasteiger partial charge in [-0.15, -0.1) is 0 Å². The third-order valence-corrected chi connectivity index (χ3v) is 1.92. The average molecular weight is 296 g/mol. The van der Waals surface area contributed by atoms with Crippen molar-refractivity contribution < 1.29 is 24.9 Å². The summed E-state index contributed by atoms with van der Waals surface area (Å²) < 4.78 is 0. The van der Waals surface area contributed by atoms with E-state index in [9.17, 15) is 25.0 Å². The van der Waals surface area contributed by atoms with E-state index in [1.165, 1.54) is 0 Å². The second-order valence-electron chi connectivity index (χ2n) is 3.83. The van der Waals surface area contributed by atoms with Crippen LogP contribution in [-0.4, -0.2) is 26.0 Å². The molecule has 0 aliphatic carbocycles. The minimum atomic E-state index is -1.46. The number of aliphatic hydroxyl groups is 1. The van der Waals surface area contributed by atoms with E-state index in [1.807, 2.05) is 13.8 Å². The number of nitro groups is 2. The van der Waals surface area contributed by atoms with E-state index < -0.39 is 32.8 Å². The first-order valence-electron chi connectivity index (χ1n) is 5.38. The molecule has 112 valence electrons. The van der Waals surface area contributed by atoms with Crippen molar-refractivity contribution >= 4 is 17.3 Å². The summed E-state index contributed by atoms with van der Waals surface area (Å²) in [5, 5.41) is 37.2. The number of carboxylic acid groups (broad SMARTS) is 1. The van der Waals surface area contributed by atoms with Crippen LogP contribution in [0.2, 0.25) is 0 Å². The number of carboxylic acids is 1. The van der Waals surface area contributed by atoms with E-state index in [2.05, 4.69) is 5.73 Å². The first kappa shape index (κ1) is 17.8. The average Bonchev–Trinajstić information content (AvgIpc) is 2.38. The molecule has 0 aliphatic rings. The predicted molar refractivity (Wildman–Crippen MR) is 72.3 cm³/mol. The molecule has 0 amide bonds. The second-order valence-corrected chi connectivity index (χ2v) is 3.83. The number of nitro benzene ring substituents is 2. The summed E-state index contributed by atoms with van der Waals surface area (Å²) in [6.45, 7) is 3.74. The van der Waals surface area contributed by atoms with Gasteiger partial charge in [-0.1, -0.05) is 5.73 Å². The Morgan fingerprint density at radius 2 is 1.57 bits per heavy atom. The van der Waals surface area contributed by atoms with Crippen LogP contribution in [0.25, 0.3) is 0 Å². The number of benzene rings is 1. The largest absolute Gasteiger partial charge is 0.507 e. The number of aliphatic hydroxyl groups excluding tert-OH is 1. The number of nitrogens with zero attached hydrogens (tertiary/aromatic N) is 2. The highest BCUT2D eigenvalue weighted by Gasteiger charge is 2.19. The monoisotopic (exact) mass is 296 g/mol. The van der Waals surface area contributed by atoms with Crippen LogP contribution in [0.5, 0.6) is 0 Å². The van der Waals surface area contributed by atoms with Gasteiger partial charge in [0, 0.05) is 12.1 Å². The first-order valence-corrected chi connectivity index (χ1v) is 5.38. The van der Waals surface area contributed by atoms with Gasteiger partial charge in [-0.05, 0) is 19.4 Å². The first-order chi connectivity index (χ1) is 9.68. The van der Waals surface area contributed by atoms with Crippen molar-refractivity contribution in [1.82, 2.24) is 0 Å². The fraction of sp³-hybridized carbons (Fsp3) is 0.167. The van der Waals surface area contributed by atoms with Crippen molar-refractivity contribution in [2.75, 3.05) is 0 Å². The molecule has 0 heterocycles. The Kier molecular flexibility index (Phi) is 6.85. The van der Waals surface area contributed by atoms with Gasteiger partial charge in [0.1, 0.15) is 6.26 Å². The zero-order chi connectivity index (χ0) is 16.6. The number of carbonyl (C=O) groups is 1. The SMILES string of the molecule is CC(C)=C=CO.O=C(O)c1cc([N+](=O)[O-])cc([N+](=O)[O-])c1. The molecule has 0 unspecified atom stereocenters. The minimum absolute atomic E-state index is 0.490. The van der Waals surface area contributed by atoms with Crippen LogP contribution >= 0.6 is 0 Å². The van der Waals surface area contributed by atoms with E-state index in [-0.39, 0.29) is 0 Å². The Bertz CT molecular complexity index is 547. The van der Waals surface area contributed by atoms with Gasteiger partial charge in [0.2, 0.25) is 0 Å². The molecular weight excluding hydrogens is 284 g/mol. The van der Waals surface area contributed by atoms with Crippen LogP contribution in [0.3, 0.4) is 0 Å². The summed E-state index contributed by atoms with van der Waals surface area (Å²) in [6.07, 6.45) is 0.912. The number of hydrogen-bond acceptors (Lipinski definition) is 6. The summed E-state index contributed by atoms with van der Waals surface area (Å²) in [5.74, 6) is -1.46. The predicted octanol–water partition coefficient (Wildman–Crippen LogP) is 2.82. The Balaban J connectivity index is 0.000000567. The summed E-state index contributed by atoms with van der Waals surface area (Å²) in [6, 6.07) is 2.22. The molecule has 0 atom stereocenters. The summed E-state index contributed by atoms with van der Waals surface area (Å²) in [4.78, 5) is 29.4. The molecule has 1 aromatic carbocycles. The highest BCUT2D eigenvalue weighted by Crippen LogP contribution is 2.22. The highest BCUT2D eigenvalue weighted by atomic mass is 16.6. The van der Waals surface area contributed by atoms with Crippen LogP contribution in [0.15, 0.2) is 35.8 Å². The van der Waals surface area contributed by atoms with E-state index >= 15 is 0 Å². The standard InChI is InChI=1S/C7H4N2O6.C5H8O/c10-7(11)4-1-5(8(12)13)3-6(2-4)9(14)15;1-5(2)3-4-6/h1-3H,(H,10,11);4,6H,1-2H3. The molecule has 21 heavy (non-hydrogen) atoms. The Morgan fingerprint density at radius 1 is 1.14 bits per heavy atom. The highest BCUT2D eigenvalue weighted by molar-refractivity contribution is 5.89. The molecule has 0 bridgehead atoms. The number of rotatable bonds is 3. The lowest BCUT2D eigenvalue weighted by atomic mass is 10.2. The maximum atomic E-state index is 10.5. The molecule has 1 rings (SSSR count). The van der Waals surface area contributed by atoms with E-state index in [1.54, 1.807) is 0 Å². The van der Waals surface area contributed by atoms with Crippen LogP contribution in [0.1, 0.15) is 24.2 Å². The van der Waals surface area contributed by atoms with Gasteiger partial charge >= 0.3 is 5.97 Å². The number of allylic oxidation sites excluding steroid dienone is 1. The van der Waals surface area contributed by atoms with Crippen LogP contribution < -0.4 is 0 Å². The van der Waals surface area contributed by atoms with Crippen LogP contribution in [0.4, 0.5) is 11.4 Å². The summed E-state index contributed by atoms with van der Waals surface area (Å²) in [5.41, 5.74) is 1.80. The molecular formula is C12H12N2O7. The van der Waals surface area contributed by atoms with Gasteiger partial charge < -0.3 is 10.2 Å². The molecule has 2 N–H and O–H groups in total. The van der Waals surface area contributed by atoms with Crippen molar-refractivity contribution in [3.05, 3.63) is 61.6 Å². The Labute approximate surface area is 118 Å². The lowest BCUT2D eigenvalue weighted by Gasteiger charge is -1.96. The molecule has 1 aromatic rings. The molecule has 0 saturated heterocycles. The Hall–Kier alpha value is -3.19. The summed E-state index contributed by atoms with van der Waals surface area (Å²) >= 11 is 0. The van der Waals surface area contributed by atoms with Crippen molar-refractivity contribution in [2.45, 2.75) is 13.8 Å². The zero-order valence-corrected chi connectivity index (χ0v) is 11.1. The molecule has 9 heteroatoms. The number of aromatic carboxylic acids is 1. The van der Waals surface area contributed by atoms with Gasteiger partial charge in [-0.2, -0.15) is 0 Å². The molecule has 0 radical (unpaired) electrons. The quantitative estimate of drug-likeness (QED) is 0.377. The molecule has 0 saturated carbocycles. The van der Waals surface area contributed by atoms with Crippen molar-refractivity contribution in [1.29, 1.82) is 0 Å². The Morgan fingerprint density at radius 3 is 1.76 bits per heavy atom. The maximum absolute atomic E-state index is 10.5. The number of hydrogen-bond donors (Lipinski definition) is 2. The minimum Gasteiger partial charge on any atom is -0.507 e. The number of non-ortho nitro benzene ring substituents is 2. The van der Waals surface area contributed by atoms with Crippen LogP contribution in [0, 0.1) is 20.2 Å². The molecule has 0 spiro atoms. The fourth-order valence-electron chi connectivity index (χ4n) is 1.06. The van der Waals surface area contributed by atoms with E-state index in [4.69, 9.17) is 10.2 Å². The molecule has 0 aromatic heterocycles. The lowest BCUT2D eigenvalue weighted by Crippen LogP contribution is -2.00. The topological polar surface area (TPSA) is 144 Å².